The van der Waals surface area contributed by atoms with E-state index in [2.05, 4.69) is 18.7 Å². The molecule has 142 valence electrons. The Morgan fingerprint density at radius 1 is 0.962 bits per heavy atom. The second kappa shape index (κ2) is 8.70. The fraction of sp³-hybridized carbons (Fsp3) is 0.636. The Bertz CT molecular complexity index is 600. The lowest BCUT2D eigenvalue weighted by Gasteiger charge is -2.37. The van der Waals surface area contributed by atoms with Gasteiger partial charge in [-0.3, -0.25) is 9.59 Å². The molecule has 4 heteroatoms. The molecule has 1 atom stereocenters. The lowest BCUT2D eigenvalue weighted by Crippen LogP contribution is -2.47. The molecular formula is C22H32N2O2. The summed E-state index contributed by atoms with van der Waals surface area (Å²) in [7, 11) is 0. The zero-order valence-corrected chi connectivity index (χ0v) is 16.2. The normalized spacial score (nSPS) is 20.8. The highest BCUT2D eigenvalue weighted by Crippen LogP contribution is 2.27. The van der Waals surface area contributed by atoms with E-state index in [-0.39, 0.29) is 17.7 Å². The first-order chi connectivity index (χ1) is 12.6. The van der Waals surface area contributed by atoms with Gasteiger partial charge in [-0.05, 0) is 43.6 Å². The van der Waals surface area contributed by atoms with Crippen LogP contribution in [0.4, 0.5) is 0 Å². The number of rotatable bonds is 4. The molecule has 0 aliphatic carbocycles. The first-order valence-corrected chi connectivity index (χ1v) is 10.2. The standard InChI is InChI=1S/C22H32N2O2/c1-3-20(18-7-5-4-6-8-18)22(26)24-15-11-19(12-16-24)21(25)23-13-9-17(2)10-14-23/h4-8,17,19-20H,3,9-16H2,1-2H3. The predicted octanol–water partition coefficient (Wildman–Crippen LogP) is 3.68. The molecule has 0 bridgehead atoms. The van der Waals surface area contributed by atoms with Crippen molar-refractivity contribution in [3.63, 3.8) is 0 Å². The SMILES string of the molecule is CCC(C(=O)N1CCC(C(=O)N2CCC(C)CC2)CC1)c1ccccc1. The van der Waals surface area contributed by atoms with Gasteiger partial charge in [0.15, 0.2) is 0 Å². The number of carbonyl (C=O) groups is 2. The molecule has 4 nitrogen and oxygen atoms in total. The van der Waals surface area contributed by atoms with E-state index in [1.165, 1.54) is 0 Å². The van der Waals surface area contributed by atoms with Crippen LogP contribution < -0.4 is 0 Å². The molecule has 1 aromatic rings. The first-order valence-electron chi connectivity index (χ1n) is 10.2. The molecule has 0 N–H and O–H groups in total. The van der Waals surface area contributed by atoms with Gasteiger partial charge >= 0.3 is 0 Å². The van der Waals surface area contributed by atoms with Crippen LogP contribution in [0.1, 0.15) is 57.4 Å². The number of benzene rings is 1. The van der Waals surface area contributed by atoms with Gasteiger partial charge in [0.25, 0.3) is 0 Å². The van der Waals surface area contributed by atoms with Gasteiger partial charge in [-0.15, -0.1) is 0 Å². The van der Waals surface area contributed by atoms with Crippen LogP contribution in [0.15, 0.2) is 30.3 Å². The zero-order valence-electron chi connectivity index (χ0n) is 16.2. The fourth-order valence-electron chi connectivity index (χ4n) is 4.29. The summed E-state index contributed by atoms with van der Waals surface area (Å²) < 4.78 is 0. The van der Waals surface area contributed by atoms with Gasteiger partial charge < -0.3 is 9.80 Å². The topological polar surface area (TPSA) is 40.6 Å². The summed E-state index contributed by atoms with van der Waals surface area (Å²) in [5.41, 5.74) is 1.10. The molecule has 0 aromatic heterocycles. The number of carbonyl (C=O) groups excluding carboxylic acids is 2. The van der Waals surface area contributed by atoms with Crippen molar-refractivity contribution in [3.8, 4) is 0 Å². The van der Waals surface area contributed by atoms with Crippen LogP contribution in [-0.4, -0.2) is 47.8 Å². The molecule has 26 heavy (non-hydrogen) atoms. The third-order valence-electron chi connectivity index (χ3n) is 6.16. The Balaban J connectivity index is 1.54. The third-order valence-corrected chi connectivity index (χ3v) is 6.16. The Labute approximate surface area is 157 Å². The van der Waals surface area contributed by atoms with Crippen LogP contribution in [0, 0.1) is 11.8 Å². The molecule has 2 fully saturated rings. The molecule has 0 radical (unpaired) electrons. The highest BCUT2D eigenvalue weighted by molar-refractivity contribution is 5.84. The van der Waals surface area contributed by atoms with Crippen LogP contribution in [-0.2, 0) is 9.59 Å². The number of likely N-dealkylation sites (tertiary alicyclic amines) is 2. The summed E-state index contributed by atoms with van der Waals surface area (Å²) in [6, 6.07) is 10.1. The van der Waals surface area contributed by atoms with Gasteiger partial charge in [0.2, 0.25) is 11.8 Å². The minimum atomic E-state index is -0.0629. The van der Waals surface area contributed by atoms with Crippen LogP contribution in [0.3, 0.4) is 0 Å². The number of nitrogens with zero attached hydrogens (tertiary/aromatic N) is 2. The lowest BCUT2D eigenvalue weighted by atomic mass is 9.90. The van der Waals surface area contributed by atoms with E-state index in [1.54, 1.807) is 0 Å². The largest absolute Gasteiger partial charge is 0.342 e. The number of hydrogen-bond donors (Lipinski definition) is 0. The van der Waals surface area contributed by atoms with E-state index >= 15 is 0 Å². The van der Waals surface area contributed by atoms with E-state index in [0.717, 1.165) is 56.7 Å². The molecule has 1 unspecified atom stereocenters. The average molecular weight is 357 g/mol. The maximum Gasteiger partial charge on any atom is 0.230 e. The molecule has 2 heterocycles. The van der Waals surface area contributed by atoms with Gasteiger partial charge in [0, 0.05) is 32.1 Å². The van der Waals surface area contributed by atoms with E-state index in [1.807, 2.05) is 35.2 Å². The van der Waals surface area contributed by atoms with Gasteiger partial charge in [-0.1, -0.05) is 44.2 Å². The molecule has 2 saturated heterocycles. The van der Waals surface area contributed by atoms with Crippen molar-refractivity contribution in [1.82, 2.24) is 9.80 Å². The summed E-state index contributed by atoms with van der Waals surface area (Å²) in [6.45, 7) is 7.58. The number of amides is 2. The van der Waals surface area contributed by atoms with Crippen LogP contribution in [0.2, 0.25) is 0 Å². The smallest absolute Gasteiger partial charge is 0.230 e. The van der Waals surface area contributed by atoms with Crippen molar-refractivity contribution in [3.05, 3.63) is 35.9 Å². The van der Waals surface area contributed by atoms with E-state index in [9.17, 15) is 9.59 Å². The van der Waals surface area contributed by atoms with Crippen molar-refractivity contribution in [2.24, 2.45) is 11.8 Å². The van der Waals surface area contributed by atoms with Crippen LogP contribution in [0.25, 0.3) is 0 Å². The molecular weight excluding hydrogens is 324 g/mol. The summed E-state index contributed by atoms with van der Waals surface area (Å²) in [4.78, 5) is 29.8. The molecule has 0 spiro atoms. The Morgan fingerprint density at radius 2 is 1.54 bits per heavy atom. The summed E-state index contributed by atoms with van der Waals surface area (Å²) in [5, 5.41) is 0. The van der Waals surface area contributed by atoms with E-state index < -0.39 is 0 Å². The summed E-state index contributed by atoms with van der Waals surface area (Å²) >= 11 is 0. The molecule has 2 amide bonds. The Kier molecular flexibility index (Phi) is 6.33. The van der Waals surface area contributed by atoms with Crippen molar-refractivity contribution in [2.75, 3.05) is 26.2 Å². The lowest BCUT2D eigenvalue weighted by molar-refractivity contribution is -0.142. The summed E-state index contributed by atoms with van der Waals surface area (Å²) in [5.74, 6) is 1.31. The zero-order chi connectivity index (χ0) is 18.5. The second-order valence-corrected chi connectivity index (χ2v) is 7.98. The fourth-order valence-corrected chi connectivity index (χ4v) is 4.29. The monoisotopic (exact) mass is 356 g/mol. The van der Waals surface area contributed by atoms with Gasteiger partial charge in [-0.25, -0.2) is 0 Å². The van der Waals surface area contributed by atoms with Gasteiger partial charge in [0.05, 0.1) is 5.92 Å². The third kappa shape index (κ3) is 4.28. The first kappa shape index (κ1) is 18.9. The number of piperidine rings is 2. The number of hydrogen-bond acceptors (Lipinski definition) is 2. The molecule has 2 aliphatic heterocycles. The maximum absolute atomic E-state index is 13.0. The predicted molar refractivity (Wildman–Crippen MR) is 104 cm³/mol. The summed E-state index contributed by atoms with van der Waals surface area (Å²) in [6.07, 6.45) is 4.67. The van der Waals surface area contributed by atoms with E-state index in [4.69, 9.17) is 0 Å². The minimum absolute atomic E-state index is 0.0629. The van der Waals surface area contributed by atoms with Crippen molar-refractivity contribution in [2.45, 2.75) is 51.9 Å². The molecule has 3 rings (SSSR count). The van der Waals surface area contributed by atoms with Crippen LogP contribution in [0.5, 0.6) is 0 Å². The van der Waals surface area contributed by atoms with Gasteiger partial charge in [0.1, 0.15) is 0 Å². The maximum atomic E-state index is 13.0. The Morgan fingerprint density at radius 3 is 2.12 bits per heavy atom. The Hall–Kier alpha value is -1.84. The average Bonchev–Trinajstić information content (AvgIpc) is 2.69. The van der Waals surface area contributed by atoms with Crippen molar-refractivity contribution in [1.29, 1.82) is 0 Å². The molecule has 2 aliphatic rings. The molecule has 0 saturated carbocycles. The second-order valence-electron chi connectivity index (χ2n) is 7.98. The van der Waals surface area contributed by atoms with Crippen LogP contribution >= 0.6 is 0 Å². The van der Waals surface area contributed by atoms with E-state index in [0.29, 0.717) is 19.0 Å². The van der Waals surface area contributed by atoms with Gasteiger partial charge in [-0.2, -0.15) is 0 Å². The molecule has 1 aromatic carbocycles. The highest BCUT2D eigenvalue weighted by atomic mass is 16.2. The quantitative estimate of drug-likeness (QED) is 0.826. The minimum Gasteiger partial charge on any atom is -0.342 e. The van der Waals surface area contributed by atoms with Crippen molar-refractivity contribution < 1.29 is 9.59 Å². The highest BCUT2D eigenvalue weighted by Gasteiger charge is 2.33. The van der Waals surface area contributed by atoms with Crippen molar-refractivity contribution >= 4 is 11.8 Å².